The van der Waals surface area contributed by atoms with Gasteiger partial charge in [0.1, 0.15) is 22.9 Å². The highest BCUT2D eigenvalue weighted by molar-refractivity contribution is 5.82. The lowest BCUT2D eigenvalue weighted by molar-refractivity contribution is -0.173. The molecule has 6 rings (SSSR count). The zero-order valence-electron chi connectivity index (χ0n) is 26.5. The lowest BCUT2D eigenvalue weighted by atomic mass is 9.76. The molecule has 50 heavy (non-hydrogen) atoms. The van der Waals surface area contributed by atoms with Gasteiger partial charge in [0.15, 0.2) is 0 Å². The minimum absolute atomic E-state index is 0.00653. The Morgan fingerprint density at radius 1 is 0.620 bits per heavy atom. The van der Waals surface area contributed by atoms with E-state index in [0.717, 1.165) is 22.8 Å². The van der Waals surface area contributed by atoms with Crippen LogP contribution in [0, 0.1) is 11.6 Å². The lowest BCUT2D eigenvalue weighted by Crippen LogP contribution is -2.39. The Morgan fingerprint density at radius 3 is 1.60 bits per heavy atom. The van der Waals surface area contributed by atoms with E-state index in [1.54, 1.807) is 24.3 Å². The summed E-state index contributed by atoms with van der Waals surface area (Å²) >= 11 is 0. The first-order chi connectivity index (χ1) is 24.0. The number of amides is 1. The summed E-state index contributed by atoms with van der Waals surface area (Å²) in [5.74, 6) is -3.65. The number of halogens is 5. The molecule has 0 aliphatic heterocycles. The minimum atomic E-state index is -5.12. The van der Waals surface area contributed by atoms with E-state index in [2.05, 4.69) is 5.32 Å². The van der Waals surface area contributed by atoms with Crippen molar-refractivity contribution in [3.63, 3.8) is 0 Å². The fraction of sp³-hybridized carbons (Fsp3) is 0.0976. The number of hydrogen-bond acceptors (Lipinski definition) is 3. The molecule has 1 amide bonds. The number of rotatable bonds is 10. The van der Waals surface area contributed by atoms with E-state index in [0.29, 0.717) is 33.5 Å². The van der Waals surface area contributed by atoms with Gasteiger partial charge in [0.05, 0.1) is 0 Å². The van der Waals surface area contributed by atoms with Crippen molar-refractivity contribution in [1.82, 2.24) is 5.32 Å². The predicted octanol–water partition coefficient (Wildman–Crippen LogP) is 9.51. The van der Waals surface area contributed by atoms with Crippen LogP contribution in [0.1, 0.15) is 33.4 Å². The van der Waals surface area contributed by atoms with Crippen LogP contribution in [-0.4, -0.2) is 17.2 Å². The van der Waals surface area contributed by atoms with Crippen LogP contribution in [0.25, 0.3) is 11.1 Å². The van der Waals surface area contributed by atoms with Crippen molar-refractivity contribution in [3.05, 3.63) is 191 Å². The van der Waals surface area contributed by atoms with Crippen LogP contribution in [0.3, 0.4) is 0 Å². The van der Waals surface area contributed by atoms with Gasteiger partial charge < -0.3 is 15.7 Å². The average molecular weight is 679 g/mol. The van der Waals surface area contributed by atoms with Gasteiger partial charge in [-0.2, -0.15) is 13.2 Å². The number of aromatic hydroxyl groups is 1. The van der Waals surface area contributed by atoms with Crippen LogP contribution in [0.2, 0.25) is 0 Å². The third-order valence-electron chi connectivity index (χ3n) is 8.46. The second-order valence-corrected chi connectivity index (χ2v) is 11.8. The van der Waals surface area contributed by atoms with Crippen LogP contribution in [-0.2, 0) is 23.3 Å². The zero-order chi connectivity index (χ0) is 35.3. The summed E-state index contributed by atoms with van der Waals surface area (Å²) in [4.78, 5) is 12.1. The van der Waals surface area contributed by atoms with E-state index in [1.807, 2.05) is 96.3 Å². The molecule has 6 aromatic rings. The molecule has 0 aliphatic carbocycles. The van der Waals surface area contributed by atoms with Crippen molar-refractivity contribution in [1.29, 1.82) is 0 Å². The Labute approximate surface area is 285 Å². The van der Waals surface area contributed by atoms with Crippen LogP contribution >= 0.6 is 0 Å². The normalized spacial score (nSPS) is 11.6. The second-order valence-electron chi connectivity index (χ2n) is 11.8. The molecular weight excluding hydrogens is 647 g/mol. The molecule has 3 N–H and O–H groups in total. The summed E-state index contributed by atoms with van der Waals surface area (Å²) < 4.78 is 68.9. The van der Waals surface area contributed by atoms with Gasteiger partial charge in [0, 0.05) is 18.3 Å². The minimum Gasteiger partial charge on any atom is -0.508 e. The van der Waals surface area contributed by atoms with Crippen molar-refractivity contribution in [2.45, 2.75) is 24.7 Å². The van der Waals surface area contributed by atoms with Gasteiger partial charge in [-0.1, -0.05) is 109 Å². The Kier molecular flexibility index (Phi) is 9.67. The van der Waals surface area contributed by atoms with E-state index in [9.17, 15) is 31.9 Å². The first-order valence-electron chi connectivity index (χ1n) is 15.7. The van der Waals surface area contributed by atoms with E-state index < -0.39 is 35.8 Å². The number of hydrogen-bond donors (Lipinski definition) is 3. The fourth-order valence-corrected chi connectivity index (χ4v) is 6.21. The molecule has 0 aliphatic rings. The van der Waals surface area contributed by atoms with E-state index in [1.165, 1.54) is 24.3 Å². The van der Waals surface area contributed by atoms with Crippen LogP contribution in [0.4, 0.5) is 27.6 Å². The van der Waals surface area contributed by atoms with Crippen LogP contribution in [0.15, 0.2) is 146 Å². The Balaban J connectivity index is 1.62. The summed E-state index contributed by atoms with van der Waals surface area (Å²) in [5, 5.41) is 15.8. The van der Waals surface area contributed by atoms with E-state index in [4.69, 9.17) is 0 Å². The molecule has 6 aromatic carbocycles. The largest absolute Gasteiger partial charge is 0.508 e. The van der Waals surface area contributed by atoms with Crippen molar-refractivity contribution in [2.75, 3.05) is 5.32 Å². The van der Waals surface area contributed by atoms with Crippen molar-refractivity contribution < 1.29 is 31.9 Å². The van der Waals surface area contributed by atoms with E-state index >= 15 is 0 Å². The van der Waals surface area contributed by atoms with Gasteiger partial charge in [-0.05, 0) is 81.3 Å². The number of anilines is 1. The number of phenols is 1. The van der Waals surface area contributed by atoms with Gasteiger partial charge in [-0.15, -0.1) is 0 Å². The Hall–Kier alpha value is -5.96. The number of benzene rings is 6. The second kappa shape index (κ2) is 14.3. The van der Waals surface area contributed by atoms with Crippen LogP contribution in [0.5, 0.6) is 5.75 Å². The summed E-state index contributed by atoms with van der Waals surface area (Å²) in [6.07, 6.45) is -5.12. The molecule has 0 aromatic heterocycles. The van der Waals surface area contributed by atoms with Crippen LogP contribution < -0.4 is 10.6 Å². The predicted molar refractivity (Wildman–Crippen MR) is 183 cm³/mol. The molecular formula is C41H31F5N2O2. The molecule has 0 saturated heterocycles. The van der Waals surface area contributed by atoms with Crippen molar-refractivity contribution >= 4 is 11.6 Å². The Bertz CT molecular complexity index is 1970. The molecule has 252 valence electrons. The van der Waals surface area contributed by atoms with E-state index in [-0.39, 0.29) is 12.2 Å². The van der Waals surface area contributed by atoms with Gasteiger partial charge in [-0.3, -0.25) is 4.79 Å². The quantitative estimate of drug-likeness (QED) is 0.1000. The fourth-order valence-electron chi connectivity index (χ4n) is 6.21. The van der Waals surface area contributed by atoms with Gasteiger partial charge >= 0.3 is 12.1 Å². The standard InChI is InChI=1S/C41H31F5N2O2/c42-34-21-27(22-35(43)24-34)20-29-23-30(26-47-39(50)41(44,45)46)38(25-37(29)28-16-18-36(49)19-17-28)48-40(31-10-4-1-5-11-31,32-12-6-2-7-13-32)33-14-8-3-9-15-33/h1-19,21-25,48-49H,20,26H2,(H,47,50). The molecule has 0 atom stereocenters. The van der Waals surface area contributed by atoms with Crippen molar-refractivity contribution in [3.8, 4) is 16.9 Å². The summed E-state index contributed by atoms with van der Waals surface area (Å²) in [6, 6.07) is 41.6. The number of carbonyl (C=O) groups is 1. The zero-order valence-corrected chi connectivity index (χ0v) is 26.5. The molecule has 9 heteroatoms. The number of phenolic OH excluding ortho intramolecular Hbond substituents is 1. The molecule has 0 saturated carbocycles. The van der Waals surface area contributed by atoms with Crippen molar-refractivity contribution in [2.24, 2.45) is 0 Å². The highest BCUT2D eigenvalue weighted by Crippen LogP contribution is 2.42. The Morgan fingerprint density at radius 2 is 1.12 bits per heavy atom. The SMILES string of the molecule is O=C(NCc1cc(Cc2cc(F)cc(F)c2)c(-c2ccc(O)cc2)cc1NC(c1ccccc1)(c1ccccc1)c1ccccc1)C(F)(F)F. The topological polar surface area (TPSA) is 61.4 Å². The first kappa shape index (κ1) is 33.9. The number of carbonyl (C=O) groups excluding carboxylic acids is 1. The van der Waals surface area contributed by atoms with Gasteiger partial charge in [-0.25, -0.2) is 8.78 Å². The third kappa shape index (κ3) is 7.37. The monoisotopic (exact) mass is 678 g/mol. The highest BCUT2D eigenvalue weighted by Gasteiger charge is 2.39. The highest BCUT2D eigenvalue weighted by atomic mass is 19.4. The maximum Gasteiger partial charge on any atom is 0.471 e. The summed E-state index contributed by atoms with van der Waals surface area (Å²) in [5.41, 5.74) is 4.11. The maximum atomic E-state index is 14.3. The molecule has 0 spiro atoms. The summed E-state index contributed by atoms with van der Waals surface area (Å²) in [6.45, 7) is -0.518. The molecule has 4 nitrogen and oxygen atoms in total. The molecule has 0 unspecified atom stereocenters. The molecule has 0 heterocycles. The van der Waals surface area contributed by atoms with Gasteiger partial charge in [0.2, 0.25) is 0 Å². The molecule has 0 fully saturated rings. The number of nitrogens with one attached hydrogen (secondary N) is 2. The molecule has 0 bridgehead atoms. The number of alkyl halides is 3. The first-order valence-corrected chi connectivity index (χ1v) is 15.7. The summed E-state index contributed by atoms with van der Waals surface area (Å²) in [7, 11) is 0. The smallest absolute Gasteiger partial charge is 0.471 e. The molecule has 0 radical (unpaired) electrons. The van der Waals surface area contributed by atoms with Gasteiger partial charge in [0.25, 0.3) is 0 Å². The lowest BCUT2D eigenvalue weighted by Gasteiger charge is -2.39. The third-order valence-corrected chi connectivity index (χ3v) is 8.46. The average Bonchev–Trinajstić information content (AvgIpc) is 3.11. The maximum absolute atomic E-state index is 14.3.